The molecule has 0 aromatic heterocycles. The van der Waals surface area contributed by atoms with Crippen molar-refractivity contribution in [1.82, 2.24) is 4.90 Å². The summed E-state index contributed by atoms with van der Waals surface area (Å²) in [5, 5.41) is 0. The second-order valence-electron chi connectivity index (χ2n) is 8.30. The van der Waals surface area contributed by atoms with Gasteiger partial charge in [0.05, 0.1) is 14.2 Å². The molecule has 0 fully saturated rings. The summed E-state index contributed by atoms with van der Waals surface area (Å²) in [6, 6.07) is 10.4. The smallest absolute Gasteiger partial charge is 0.231 e. The Morgan fingerprint density at radius 3 is 2.47 bits per heavy atom. The molecule has 2 aromatic rings. The summed E-state index contributed by atoms with van der Waals surface area (Å²) in [5.41, 5.74) is 3.83. The molecule has 0 saturated carbocycles. The van der Waals surface area contributed by atoms with E-state index in [9.17, 15) is 0 Å². The molecule has 32 heavy (non-hydrogen) atoms. The van der Waals surface area contributed by atoms with E-state index in [0.29, 0.717) is 6.79 Å². The predicted octanol–water partition coefficient (Wildman–Crippen LogP) is 5.74. The van der Waals surface area contributed by atoms with Gasteiger partial charge >= 0.3 is 0 Å². The highest BCUT2D eigenvalue weighted by Crippen LogP contribution is 2.36. The Labute approximate surface area is 192 Å². The maximum Gasteiger partial charge on any atom is 0.231 e. The van der Waals surface area contributed by atoms with Crippen LogP contribution in [0, 0.1) is 0 Å². The van der Waals surface area contributed by atoms with E-state index < -0.39 is 0 Å². The number of hydrogen-bond donors (Lipinski definition) is 0. The third-order valence-electron chi connectivity index (χ3n) is 5.87. The lowest BCUT2D eigenvalue weighted by atomic mass is 10.0. The van der Waals surface area contributed by atoms with E-state index in [0.717, 1.165) is 61.8 Å². The SMILES string of the molecule is CCCCC=Cc1cc2c(cc1CCCN(C)CCc1ccc(OC)c(OC)c1)OCO2. The van der Waals surface area contributed by atoms with E-state index in [1.807, 2.05) is 6.07 Å². The minimum atomic E-state index is 0.316. The van der Waals surface area contributed by atoms with Crippen LogP contribution in [-0.4, -0.2) is 46.0 Å². The number of rotatable bonds is 13. The number of methoxy groups -OCH3 is 2. The van der Waals surface area contributed by atoms with Gasteiger partial charge in [-0.15, -0.1) is 0 Å². The Morgan fingerprint density at radius 2 is 1.72 bits per heavy atom. The zero-order chi connectivity index (χ0) is 22.8. The van der Waals surface area contributed by atoms with Gasteiger partial charge in [0, 0.05) is 6.54 Å². The standard InChI is InChI=1S/C27H37NO4/c1-5-6-7-8-10-22-18-26-27(32-20-31-26)19-23(22)11-9-15-28(2)16-14-21-12-13-24(29-3)25(17-21)30-4/h8,10,12-13,17-19H,5-7,9,11,14-16,20H2,1-4H3. The van der Waals surface area contributed by atoms with E-state index in [2.05, 4.69) is 55.3 Å². The van der Waals surface area contributed by atoms with Gasteiger partial charge in [-0.2, -0.15) is 0 Å². The second kappa shape index (κ2) is 12.4. The van der Waals surface area contributed by atoms with Crippen LogP contribution in [0.3, 0.4) is 0 Å². The lowest BCUT2D eigenvalue weighted by Gasteiger charge is -2.17. The van der Waals surface area contributed by atoms with Crippen LogP contribution in [0.5, 0.6) is 23.0 Å². The van der Waals surface area contributed by atoms with Crippen LogP contribution in [0.1, 0.15) is 49.3 Å². The monoisotopic (exact) mass is 439 g/mol. The molecule has 0 amide bonds. The van der Waals surface area contributed by atoms with Gasteiger partial charge in [-0.05, 0) is 80.2 Å². The van der Waals surface area contributed by atoms with Gasteiger partial charge in [0.2, 0.25) is 6.79 Å². The Bertz CT molecular complexity index is 893. The van der Waals surface area contributed by atoms with Crippen molar-refractivity contribution in [1.29, 1.82) is 0 Å². The number of likely N-dealkylation sites (N-methyl/N-ethyl adjacent to an activating group) is 1. The van der Waals surface area contributed by atoms with Gasteiger partial charge in [-0.3, -0.25) is 0 Å². The summed E-state index contributed by atoms with van der Waals surface area (Å²) in [6.07, 6.45) is 11.2. The number of unbranched alkanes of at least 4 members (excludes halogenated alkanes) is 2. The molecule has 1 heterocycles. The molecule has 0 atom stereocenters. The van der Waals surface area contributed by atoms with Gasteiger partial charge in [0.25, 0.3) is 0 Å². The molecule has 2 aromatic carbocycles. The topological polar surface area (TPSA) is 40.2 Å². The maximum atomic E-state index is 5.61. The number of ether oxygens (including phenoxy) is 4. The molecule has 1 aliphatic heterocycles. The fraction of sp³-hybridized carbons (Fsp3) is 0.481. The predicted molar refractivity (Wildman–Crippen MR) is 130 cm³/mol. The summed E-state index contributed by atoms with van der Waals surface area (Å²) in [7, 11) is 5.53. The lowest BCUT2D eigenvalue weighted by molar-refractivity contribution is 0.174. The normalized spacial score (nSPS) is 12.7. The summed E-state index contributed by atoms with van der Waals surface area (Å²) in [4.78, 5) is 2.39. The summed E-state index contributed by atoms with van der Waals surface area (Å²) < 4.78 is 21.9. The minimum absolute atomic E-state index is 0.316. The third-order valence-corrected chi connectivity index (χ3v) is 5.87. The van der Waals surface area contributed by atoms with Crippen LogP contribution in [-0.2, 0) is 12.8 Å². The van der Waals surface area contributed by atoms with Gasteiger partial charge in [0.1, 0.15) is 0 Å². The number of nitrogens with zero attached hydrogens (tertiary/aromatic N) is 1. The van der Waals surface area contributed by atoms with Crippen molar-refractivity contribution in [3.63, 3.8) is 0 Å². The van der Waals surface area contributed by atoms with Crippen molar-refractivity contribution in [2.24, 2.45) is 0 Å². The molecule has 5 heteroatoms. The van der Waals surface area contributed by atoms with Gasteiger partial charge in [-0.1, -0.05) is 38.0 Å². The highest BCUT2D eigenvalue weighted by Gasteiger charge is 2.16. The van der Waals surface area contributed by atoms with Crippen molar-refractivity contribution in [3.05, 3.63) is 53.1 Å². The number of allylic oxidation sites excluding steroid dienone is 1. The molecule has 0 saturated heterocycles. The van der Waals surface area contributed by atoms with Crippen LogP contribution in [0.2, 0.25) is 0 Å². The highest BCUT2D eigenvalue weighted by molar-refractivity contribution is 5.61. The third kappa shape index (κ3) is 6.67. The summed E-state index contributed by atoms with van der Waals surface area (Å²) >= 11 is 0. The number of hydrogen-bond acceptors (Lipinski definition) is 5. The molecule has 0 unspecified atom stereocenters. The van der Waals surface area contributed by atoms with Gasteiger partial charge < -0.3 is 23.8 Å². The Morgan fingerprint density at radius 1 is 0.938 bits per heavy atom. The Hall–Kier alpha value is -2.66. The minimum Gasteiger partial charge on any atom is -0.493 e. The quantitative estimate of drug-likeness (QED) is 0.372. The lowest BCUT2D eigenvalue weighted by Crippen LogP contribution is -2.23. The molecule has 0 aliphatic carbocycles. The van der Waals surface area contributed by atoms with E-state index in [1.165, 1.54) is 29.5 Å². The van der Waals surface area contributed by atoms with Crippen molar-refractivity contribution in [2.75, 3.05) is 41.1 Å². The van der Waals surface area contributed by atoms with Gasteiger partial charge in [-0.25, -0.2) is 0 Å². The van der Waals surface area contributed by atoms with E-state index in [-0.39, 0.29) is 0 Å². The average Bonchev–Trinajstić information content (AvgIpc) is 3.27. The molecule has 0 radical (unpaired) electrons. The number of fused-ring (bicyclic) bond motifs is 1. The summed E-state index contributed by atoms with van der Waals surface area (Å²) in [5.74, 6) is 3.28. The zero-order valence-corrected chi connectivity index (χ0v) is 20.0. The van der Waals surface area contributed by atoms with Crippen LogP contribution in [0.25, 0.3) is 6.08 Å². The van der Waals surface area contributed by atoms with Crippen molar-refractivity contribution in [2.45, 2.75) is 45.4 Å². The number of benzene rings is 2. The number of aryl methyl sites for hydroxylation is 1. The highest BCUT2D eigenvalue weighted by atomic mass is 16.7. The average molecular weight is 440 g/mol. The van der Waals surface area contributed by atoms with Crippen LogP contribution >= 0.6 is 0 Å². The second-order valence-corrected chi connectivity index (χ2v) is 8.30. The van der Waals surface area contributed by atoms with E-state index in [1.54, 1.807) is 14.2 Å². The molecule has 0 spiro atoms. The molecule has 3 rings (SSSR count). The Kier molecular flexibility index (Phi) is 9.29. The van der Waals surface area contributed by atoms with Crippen LogP contribution in [0.15, 0.2) is 36.4 Å². The maximum absolute atomic E-state index is 5.61. The first-order chi connectivity index (χ1) is 15.6. The molecular formula is C27H37NO4. The Balaban J connectivity index is 1.52. The van der Waals surface area contributed by atoms with Crippen LogP contribution in [0.4, 0.5) is 0 Å². The molecule has 1 aliphatic rings. The van der Waals surface area contributed by atoms with E-state index >= 15 is 0 Å². The molecule has 0 N–H and O–H groups in total. The molecule has 5 nitrogen and oxygen atoms in total. The molecule has 174 valence electrons. The molecular weight excluding hydrogens is 402 g/mol. The first-order valence-electron chi connectivity index (χ1n) is 11.6. The van der Waals surface area contributed by atoms with Crippen LogP contribution < -0.4 is 18.9 Å². The fourth-order valence-electron chi connectivity index (χ4n) is 3.91. The van der Waals surface area contributed by atoms with Crippen molar-refractivity contribution >= 4 is 6.08 Å². The summed E-state index contributed by atoms with van der Waals surface area (Å²) in [6.45, 7) is 4.58. The zero-order valence-electron chi connectivity index (χ0n) is 20.0. The fourth-order valence-corrected chi connectivity index (χ4v) is 3.91. The first kappa shape index (κ1) is 24.0. The molecule has 0 bridgehead atoms. The van der Waals surface area contributed by atoms with E-state index in [4.69, 9.17) is 18.9 Å². The van der Waals surface area contributed by atoms with Gasteiger partial charge in [0.15, 0.2) is 23.0 Å². The first-order valence-corrected chi connectivity index (χ1v) is 11.6. The van der Waals surface area contributed by atoms with Crippen molar-refractivity contribution in [3.8, 4) is 23.0 Å². The van der Waals surface area contributed by atoms with Crippen molar-refractivity contribution < 1.29 is 18.9 Å². The largest absolute Gasteiger partial charge is 0.493 e.